The Labute approximate surface area is 166 Å². The van der Waals surface area contributed by atoms with Gasteiger partial charge in [0.15, 0.2) is 0 Å². The number of aromatic nitrogens is 2. The summed E-state index contributed by atoms with van der Waals surface area (Å²) in [7, 11) is 0. The van der Waals surface area contributed by atoms with Crippen molar-refractivity contribution in [2.45, 2.75) is 52.3 Å². The van der Waals surface area contributed by atoms with Gasteiger partial charge in [0.1, 0.15) is 12.4 Å². The van der Waals surface area contributed by atoms with Crippen molar-refractivity contribution in [3.8, 4) is 5.75 Å². The van der Waals surface area contributed by atoms with Crippen LogP contribution in [0, 0.1) is 5.41 Å². The number of hydrogen-bond acceptors (Lipinski definition) is 4. The Morgan fingerprint density at radius 3 is 2.96 bits per heavy atom. The van der Waals surface area contributed by atoms with Gasteiger partial charge in [0.2, 0.25) is 0 Å². The quantitative estimate of drug-likeness (QED) is 0.761. The lowest BCUT2D eigenvalue weighted by molar-refractivity contribution is 0.0680. The minimum atomic E-state index is -0.240. The summed E-state index contributed by atoms with van der Waals surface area (Å²) < 4.78 is 13.4. The van der Waals surface area contributed by atoms with Gasteiger partial charge in [-0.2, -0.15) is 0 Å². The van der Waals surface area contributed by atoms with Crippen molar-refractivity contribution < 1.29 is 14.3 Å². The summed E-state index contributed by atoms with van der Waals surface area (Å²) in [5.74, 6) is 0.721. The first-order valence-corrected chi connectivity index (χ1v) is 9.78. The van der Waals surface area contributed by atoms with Gasteiger partial charge in [0, 0.05) is 37.3 Å². The lowest BCUT2D eigenvalue weighted by Crippen LogP contribution is -2.47. The molecule has 0 saturated carbocycles. The summed E-state index contributed by atoms with van der Waals surface area (Å²) in [6, 6.07) is 7.14. The standard InChI is InChI=1S/C21H30N4O3/c1-21(2,3)19(13-25-10-9-22-15-25)24-20(26)23-16-6-4-7-17(12-16)28-14-18-8-5-11-27-18/h4,6-7,9-10,12,15,18-19H,5,8,11,13-14H2,1-3H3,(H2,23,24,26)/t18-,19-/m1/s1. The van der Waals surface area contributed by atoms with Crippen LogP contribution in [0.5, 0.6) is 5.75 Å². The van der Waals surface area contributed by atoms with Crippen molar-refractivity contribution in [3.05, 3.63) is 43.0 Å². The number of ether oxygens (including phenoxy) is 2. The molecule has 7 heteroatoms. The largest absolute Gasteiger partial charge is 0.491 e. The van der Waals surface area contributed by atoms with Crippen LogP contribution in [0.4, 0.5) is 10.5 Å². The highest BCUT2D eigenvalue weighted by atomic mass is 16.5. The molecule has 2 atom stereocenters. The molecule has 1 saturated heterocycles. The number of carbonyl (C=O) groups excluding carboxylic acids is 1. The van der Waals surface area contributed by atoms with Crippen molar-refractivity contribution in [2.24, 2.45) is 5.41 Å². The average Bonchev–Trinajstić information content (AvgIpc) is 3.33. The van der Waals surface area contributed by atoms with Crippen LogP contribution in [-0.4, -0.2) is 40.9 Å². The molecule has 0 aliphatic carbocycles. The molecular formula is C21H30N4O3. The molecule has 1 aromatic heterocycles. The lowest BCUT2D eigenvalue weighted by Gasteiger charge is -2.31. The van der Waals surface area contributed by atoms with Gasteiger partial charge in [-0.25, -0.2) is 9.78 Å². The van der Waals surface area contributed by atoms with Crippen LogP contribution in [0.3, 0.4) is 0 Å². The molecule has 28 heavy (non-hydrogen) atoms. The highest BCUT2D eigenvalue weighted by molar-refractivity contribution is 5.89. The van der Waals surface area contributed by atoms with Crippen molar-refractivity contribution >= 4 is 11.7 Å². The van der Waals surface area contributed by atoms with Crippen LogP contribution in [-0.2, 0) is 11.3 Å². The topological polar surface area (TPSA) is 77.4 Å². The zero-order chi connectivity index (χ0) is 20.0. The first kappa shape index (κ1) is 20.2. The van der Waals surface area contributed by atoms with E-state index in [1.807, 2.05) is 35.0 Å². The predicted octanol–water partition coefficient (Wildman–Crippen LogP) is 3.68. The molecule has 1 aliphatic rings. The van der Waals surface area contributed by atoms with E-state index in [1.165, 1.54) is 0 Å². The average molecular weight is 386 g/mol. The van der Waals surface area contributed by atoms with Crippen LogP contribution in [0.25, 0.3) is 0 Å². The van der Waals surface area contributed by atoms with E-state index < -0.39 is 0 Å². The first-order chi connectivity index (χ1) is 13.4. The summed E-state index contributed by atoms with van der Waals surface area (Å²) in [4.78, 5) is 16.6. The van der Waals surface area contributed by atoms with Gasteiger partial charge in [-0.3, -0.25) is 0 Å². The van der Waals surface area contributed by atoms with E-state index in [-0.39, 0.29) is 23.6 Å². The van der Waals surface area contributed by atoms with Crippen molar-refractivity contribution in [1.82, 2.24) is 14.9 Å². The van der Waals surface area contributed by atoms with Crippen LogP contribution in [0.15, 0.2) is 43.0 Å². The third-order valence-electron chi connectivity index (χ3n) is 4.86. The normalized spacial score (nSPS) is 17.9. The molecule has 0 radical (unpaired) electrons. The number of nitrogens with zero attached hydrogens (tertiary/aromatic N) is 2. The molecule has 1 aliphatic heterocycles. The zero-order valence-corrected chi connectivity index (χ0v) is 16.9. The van der Waals surface area contributed by atoms with Gasteiger partial charge in [-0.05, 0) is 30.4 Å². The third kappa shape index (κ3) is 5.99. The summed E-state index contributed by atoms with van der Waals surface area (Å²) in [5, 5.41) is 5.99. The van der Waals surface area contributed by atoms with Gasteiger partial charge < -0.3 is 24.7 Å². The Bertz CT molecular complexity index is 749. The SMILES string of the molecule is CC(C)(C)[C@@H](Cn1ccnc1)NC(=O)Nc1cccc(OC[C@H]2CCCO2)c1. The molecule has 1 aromatic carbocycles. The number of rotatable bonds is 7. The molecule has 2 amide bonds. The first-order valence-electron chi connectivity index (χ1n) is 9.78. The van der Waals surface area contributed by atoms with Crippen molar-refractivity contribution in [1.29, 1.82) is 0 Å². The molecule has 0 spiro atoms. The highest BCUT2D eigenvalue weighted by Gasteiger charge is 2.26. The monoisotopic (exact) mass is 386 g/mol. The van der Waals surface area contributed by atoms with E-state index in [1.54, 1.807) is 12.5 Å². The van der Waals surface area contributed by atoms with Gasteiger partial charge >= 0.3 is 6.03 Å². The van der Waals surface area contributed by atoms with Gasteiger partial charge in [-0.15, -0.1) is 0 Å². The maximum Gasteiger partial charge on any atom is 0.319 e. The molecule has 3 rings (SSSR count). The fourth-order valence-electron chi connectivity index (χ4n) is 3.10. The summed E-state index contributed by atoms with van der Waals surface area (Å²) >= 11 is 0. The maximum absolute atomic E-state index is 12.6. The zero-order valence-electron chi connectivity index (χ0n) is 16.9. The van der Waals surface area contributed by atoms with Crippen molar-refractivity contribution in [2.75, 3.05) is 18.5 Å². The molecular weight excluding hydrogens is 356 g/mol. The Hall–Kier alpha value is -2.54. The fraction of sp³-hybridized carbons (Fsp3) is 0.524. The highest BCUT2D eigenvalue weighted by Crippen LogP contribution is 2.22. The second-order valence-corrected chi connectivity index (χ2v) is 8.25. The molecule has 152 valence electrons. The molecule has 7 nitrogen and oxygen atoms in total. The number of nitrogens with one attached hydrogen (secondary N) is 2. The number of carbonyl (C=O) groups is 1. The third-order valence-corrected chi connectivity index (χ3v) is 4.86. The Balaban J connectivity index is 1.55. The van der Waals surface area contributed by atoms with Crippen LogP contribution in [0.1, 0.15) is 33.6 Å². The number of anilines is 1. The molecule has 2 N–H and O–H groups in total. The Morgan fingerprint density at radius 1 is 1.43 bits per heavy atom. The minimum absolute atomic E-state index is 0.0550. The molecule has 0 unspecified atom stereocenters. The Morgan fingerprint density at radius 2 is 2.29 bits per heavy atom. The second-order valence-electron chi connectivity index (χ2n) is 8.25. The minimum Gasteiger partial charge on any atom is -0.491 e. The summed E-state index contributed by atoms with van der Waals surface area (Å²) in [6.07, 6.45) is 7.67. The number of benzene rings is 1. The van der Waals surface area contributed by atoms with Gasteiger partial charge in [-0.1, -0.05) is 26.8 Å². The second kappa shape index (κ2) is 9.10. The van der Waals surface area contributed by atoms with Gasteiger partial charge in [0.05, 0.1) is 18.5 Å². The predicted molar refractivity (Wildman–Crippen MR) is 109 cm³/mol. The summed E-state index contributed by atoms with van der Waals surface area (Å²) in [5.41, 5.74) is 0.589. The lowest BCUT2D eigenvalue weighted by atomic mass is 9.86. The number of imidazole rings is 1. The van der Waals surface area contributed by atoms with E-state index in [0.717, 1.165) is 25.2 Å². The van der Waals surface area contributed by atoms with Crippen LogP contribution in [0.2, 0.25) is 0 Å². The van der Waals surface area contributed by atoms with Crippen LogP contribution >= 0.6 is 0 Å². The molecule has 2 heterocycles. The maximum atomic E-state index is 12.6. The van der Waals surface area contributed by atoms with Crippen LogP contribution < -0.4 is 15.4 Å². The molecule has 0 bridgehead atoms. The molecule has 2 aromatic rings. The van der Waals surface area contributed by atoms with Gasteiger partial charge in [0.25, 0.3) is 0 Å². The number of urea groups is 1. The van der Waals surface area contributed by atoms with E-state index >= 15 is 0 Å². The van der Waals surface area contributed by atoms with E-state index in [2.05, 4.69) is 36.4 Å². The summed E-state index contributed by atoms with van der Waals surface area (Å²) in [6.45, 7) is 8.31. The molecule has 1 fully saturated rings. The van der Waals surface area contributed by atoms with Crippen molar-refractivity contribution in [3.63, 3.8) is 0 Å². The van der Waals surface area contributed by atoms with E-state index in [0.29, 0.717) is 18.8 Å². The van der Waals surface area contributed by atoms with E-state index in [4.69, 9.17) is 9.47 Å². The number of amides is 2. The Kier molecular flexibility index (Phi) is 6.57. The van der Waals surface area contributed by atoms with E-state index in [9.17, 15) is 4.79 Å². The smallest absolute Gasteiger partial charge is 0.319 e. The number of hydrogen-bond donors (Lipinski definition) is 2. The fourth-order valence-corrected chi connectivity index (χ4v) is 3.10.